The van der Waals surface area contributed by atoms with Crippen molar-refractivity contribution in [3.05, 3.63) is 29.8 Å². The Hall–Kier alpha value is -2.26. The Morgan fingerprint density at radius 2 is 1.69 bits per heavy atom. The Balaban J connectivity index is 2.11. The Kier molecular flexibility index (Phi) is 7.18. The summed E-state index contributed by atoms with van der Waals surface area (Å²) in [4.78, 5) is 25.9. The predicted molar refractivity (Wildman–Crippen MR) is 93.8 cm³/mol. The quantitative estimate of drug-likeness (QED) is 0.687. The van der Waals surface area contributed by atoms with Gasteiger partial charge in [-0.05, 0) is 31.9 Å². The Bertz CT molecular complexity index is 732. The molecule has 4 nitrogen and oxygen atoms in total. The number of likely N-dealkylation sites (N-methyl/N-ethyl adjacent to an activating group) is 1. The summed E-state index contributed by atoms with van der Waals surface area (Å²) in [6.07, 6.45) is -8.44. The third-order valence-electron chi connectivity index (χ3n) is 5.04. The van der Waals surface area contributed by atoms with Crippen LogP contribution in [0.5, 0.6) is 0 Å². The van der Waals surface area contributed by atoms with Gasteiger partial charge in [-0.25, -0.2) is 0 Å². The minimum absolute atomic E-state index is 0.0335. The van der Waals surface area contributed by atoms with Crippen LogP contribution in [0.4, 0.5) is 32.0 Å². The van der Waals surface area contributed by atoms with E-state index in [4.69, 9.17) is 0 Å². The number of halogens is 6. The number of carbonyl (C=O) groups excluding carboxylic acids is 2. The highest BCUT2D eigenvalue weighted by atomic mass is 19.4. The first-order valence-electron chi connectivity index (χ1n) is 9.26. The zero-order valence-electron chi connectivity index (χ0n) is 15.7. The summed E-state index contributed by atoms with van der Waals surface area (Å²) in [6.45, 7) is 0.844. The molecule has 2 amide bonds. The number of alkyl halides is 6. The van der Waals surface area contributed by atoms with Crippen molar-refractivity contribution in [1.29, 1.82) is 0 Å². The SMILES string of the molecule is CCN(CC(=O)Nc1ccccc1C(F)(F)F)C(=O)C1CCCCC1C(F)(F)F. The predicted octanol–water partition coefficient (Wildman–Crippen LogP) is 4.86. The van der Waals surface area contributed by atoms with E-state index in [1.807, 2.05) is 0 Å². The van der Waals surface area contributed by atoms with Crippen molar-refractivity contribution in [3.8, 4) is 0 Å². The zero-order valence-corrected chi connectivity index (χ0v) is 15.7. The van der Waals surface area contributed by atoms with Crippen molar-refractivity contribution < 1.29 is 35.9 Å². The number of amides is 2. The van der Waals surface area contributed by atoms with Crippen LogP contribution < -0.4 is 5.32 Å². The maximum Gasteiger partial charge on any atom is 0.418 e. The van der Waals surface area contributed by atoms with Gasteiger partial charge in [0.15, 0.2) is 0 Å². The van der Waals surface area contributed by atoms with Gasteiger partial charge >= 0.3 is 12.4 Å². The first-order chi connectivity index (χ1) is 13.4. The Morgan fingerprint density at radius 1 is 1.07 bits per heavy atom. The molecule has 2 unspecified atom stereocenters. The van der Waals surface area contributed by atoms with Crippen LogP contribution in [0.25, 0.3) is 0 Å². The number of nitrogens with one attached hydrogen (secondary N) is 1. The van der Waals surface area contributed by atoms with Crippen LogP contribution in [-0.2, 0) is 15.8 Å². The highest BCUT2D eigenvalue weighted by Gasteiger charge is 2.49. The third-order valence-corrected chi connectivity index (χ3v) is 5.04. The molecule has 1 aromatic rings. The van der Waals surface area contributed by atoms with E-state index in [1.165, 1.54) is 19.1 Å². The molecule has 1 fully saturated rings. The molecule has 0 heterocycles. The lowest BCUT2D eigenvalue weighted by Crippen LogP contribution is -2.47. The monoisotopic (exact) mass is 424 g/mol. The lowest BCUT2D eigenvalue weighted by molar-refractivity contribution is -0.200. The van der Waals surface area contributed by atoms with Gasteiger partial charge in [0.25, 0.3) is 0 Å². The molecule has 0 bridgehead atoms. The van der Waals surface area contributed by atoms with E-state index in [0.29, 0.717) is 12.8 Å². The van der Waals surface area contributed by atoms with Crippen molar-refractivity contribution in [1.82, 2.24) is 4.90 Å². The molecule has 0 aliphatic heterocycles. The normalized spacial score (nSPS) is 20.2. The minimum Gasteiger partial charge on any atom is -0.333 e. The second-order valence-corrected chi connectivity index (χ2v) is 6.98. The summed E-state index contributed by atoms with van der Waals surface area (Å²) < 4.78 is 78.9. The molecule has 2 rings (SSSR count). The van der Waals surface area contributed by atoms with E-state index in [2.05, 4.69) is 5.32 Å². The maximum absolute atomic E-state index is 13.3. The number of para-hydroxylation sites is 1. The van der Waals surface area contributed by atoms with Gasteiger partial charge in [-0.1, -0.05) is 25.0 Å². The average molecular weight is 424 g/mol. The van der Waals surface area contributed by atoms with Gasteiger partial charge in [-0.3, -0.25) is 9.59 Å². The van der Waals surface area contributed by atoms with E-state index in [0.717, 1.165) is 17.0 Å². The number of rotatable bonds is 5. The van der Waals surface area contributed by atoms with Crippen LogP contribution in [0.2, 0.25) is 0 Å². The molecule has 1 aliphatic rings. The molecular weight excluding hydrogens is 402 g/mol. The van der Waals surface area contributed by atoms with Crippen molar-refractivity contribution >= 4 is 17.5 Å². The number of hydrogen-bond donors (Lipinski definition) is 1. The van der Waals surface area contributed by atoms with Crippen molar-refractivity contribution in [2.24, 2.45) is 11.8 Å². The molecule has 1 saturated carbocycles. The summed E-state index contributed by atoms with van der Waals surface area (Å²) in [5.41, 5.74) is -1.52. The van der Waals surface area contributed by atoms with Gasteiger partial charge < -0.3 is 10.2 Å². The van der Waals surface area contributed by atoms with Crippen LogP contribution in [0.1, 0.15) is 38.2 Å². The molecular formula is C19H22F6N2O2. The largest absolute Gasteiger partial charge is 0.418 e. The van der Waals surface area contributed by atoms with Crippen LogP contribution >= 0.6 is 0 Å². The number of benzene rings is 1. The van der Waals surface area contributed by atoms with E-state index >= 15 is 0 Å². The topological polar surface area (TPSA) is 49.4 Å². The van der Waals surface area contributed by atoms with Crippen LogP contribution in [0.3, 0.4) is 0 Å². The van der Waals surface area contributed by atoms with E-state index in [-0.39, 0.29) is 19.4 Å². The average Bonchev–Trinajstić information content (AvgIpc) is 2.64. The third kappa shape index (κ3) is 5.86. The molecule has 1 aromatic carbocycles. The first kappa shape index (κ1) is 23.0. The van der Waals surface area contributed by atoms with Gasteiger partial charge in [-0.2, -0.15) is 26.3 Å². The van der Waals surface area contributed by atoms with Crippen LogP contribution in [-0.4, -0.2) is 36.0 Å². The van der Waals surface area contributed by atoms with Crippen molar-refractivity contribution in [2.45, 2.75) is 45.0 Å². The molecule has 162 valence electrons. The summed E-state index contributed by atoms with van der Waals surface area (Å²) in [5.74, 6) is -4.75. The van der Waals surface area contributed by atoms with E-state index in [9.17, 15) is 35.9 Å². The maximum atomic E-state index is 13.3. The summed E-state index contributed by atoms with van der Waals surface area (Å²) >= 11 is 0. The molecule has 0 spiro atoms. The van der Waals surface area contributed by atoms with Gasteiger partial charge in [0.2, 0.25) is 11.8 Å². The molecule has 1 aliphatic carbocycles. The molecule has 2 atom stereocenters. The number of anilines is 1. The van der Waals surface area contributed by atoms with Gasteiger partial charge in [0.1, 0.15) is 0 Å². The van der Waals surface area contributed by atoms with Gasteiger partial charge in [0.05, 0.1) is 23.7 Å². The lowest BCUT2D eigenvalue weighted by Gasteiger charge is -2.35. The fourth-order valence-corrected chi connectivity index (χ4v) is 3.60. The molecule has 10 heteroatoms. The highest BCUT2D eigenvalue weighted by Crippen LogP contribution is 2.42. The Morgan fingerprint density at radius 3 is 2.28 bits per heavy atom. The highest BCUT2D eigenvalue weighted by molar-refractivity contribution is 5.95. The second kappa shape index (κ2) is 9.04. The molecule has 29 heavy (non-hydrogen) atoms. The van der Waals surface area contributed by atoms with Crippen LogP contribution in [0, 0.1) is 11.8 Å². The molecule has 0 radical (unpaired) electrons. The zero-order chi connectivity index (χ0) is 21.8. The molecule has 0 saturated heterocycles. The molecule has 0 aromatic heterocycles. The number of carbonyl (C=O) groups is 2. The lowest BCUT2D eigenvalue weighted by atomic mass is 9.78. The van der Waals surface area contributed by atoms with E-state index < -0.39 is 53.8 Å². The summed E-state index contributed by atoms with van der Waals surface area (Å²) in [6, 6.07) is 4.35. The fourth-order valence-electron chi connectivity index (χ4n) is 3.60. The summed E-state index contributed by atoms with van der Waals surface area (Å²) in [7, 11) is 0. The van der Waals surface area contributed by atoms with Gasteiger partial charge in [-0.15, -0.1) is 0 Å². The second-order valence-electron chi connectivity index (χ2n) is 6.98. The molecule has 1 N–H and O–H groups in total. The number of hydrogen-bond acceptors (Lipinski definition) is 2. The Labute approximate surface area is 164 Å². The standard InChI is InChI=1S/C19H22F6N2O2/c1-2-27(17(29)12-7-3-4-8-13(12)18(20,21)22)11-16(28)26-15-10-6-5-9-14(15)19(23,24)25/h5-6,9-10,12-13H,2-4,7-8,11H2,1H3,(H,26,28). The van der Waals surface area contributed by atoms with Gasteiger partial charge in [0, 0.05) is 12.5 Å². The minimum atomic E-state index is -4.69. The van der Waals surface area contributed by atoms with Crippen LogP contribution in [0.15, 0.2) is 24.3 Å². The smallest absolute Gasteiger partial charge is 0.333 e. The fraction of sp³-hybridized carbons (Fsp3) is 0.579. The van der Waals surface area contributed by atoms with E-state index in [1.54, 1.807) is 0 Å². The number of nitrogens with zero attached hydrogens (tertiary/aromatic N) is 1. The first-order valence-corrected chi connectivity index (χ1v) is 9.26. The summed E-state index contributed by atoms with van der Waals surface area (Å²) in [5, 5.41) is 2.11. The van der Waals surface area contributed by atoms with Crippen molar-refractivity contribution in [2.75, 3.05) is 18.4 Å². The van der Waals surface area contributed by atoms with Crippen molar-refractivity contribution in [3.63, 3.8) is 0 Å².